The maximum absolute atomic E-state index is 11.9. The van der Waals surface area contributed by atoms with Crippen LogP contribution in [0.25, 0.3) is 0 Å². The van der Waals surface area contributed by atoms with Crippen molar-refractivity contribution in [2.24, 2.45) is 5.92 Å². The average molecular weight is 345 g/mol. The largest absolute Gasteiger partial charge is 0.493 e. The van der Waals surface area contributed by atoms with Gasteiger partial charge in [0.25, 0.3) is 5.91 Å². The van der Waals surface area contributed by atoms with E-state index in [1.165, 1.54) is 5.56 Å². The molecule has 0 saturated heterocycles. The van der Waals surface area contributed by atoms with Gasteiger partial charge < -0.3 is 4.74 Å². The first-order valence-corrected chi connectivity index (χ1v) is 9.61. The van der Waals surface area contributed by atoms with E-state index < -0.39 is 15.9 Å². The third-order valence-corrected chi connectivity index (χ3v) is 4.54. The third kappa shape index (κ3) is 4.35. The van der Waals surface area contributed by atoms with Crippen molar-refractivity contribution in [2.45, 2.75) is 12.3 Å². The third-order valence-electron chi connectivity index (χ3n) is 3.99. The molecule has 1 fully saturated rings. The molecular weight excluding hydrogens is 326 g/mol. The quantitative estimate of drug-likeness (QED) is 0.873. The van der Waals surface area contributed by atoms with Gasteiger partial charge >= 0.3 is 0 Å². The Kier molecular flexibility index (Phi) is 4.57. The lowest BCUT2D eigenvalue weighted by atomic mass is 10.1. The zero-order valence-corrected chi connectivity index (χ0v) is 14.1. The van der Waals surface area contributed by atoms with Crippen LogP contribution in [0, 0.1) is 5.92 Å². The second-order valence-electron chi connectivity index (χ2n) is 6.06. The van der Waals surface area contributed by atoms with Gasteiger partial charge in [-0.1, -0.05) is 36.4 Å². The highest BCUT2D eigenvalue weighted by Gasteiger charge is 2.38. The van der Waals surface area contributed by atoms with Crippen LogP contribution in [0.1, 0.15) is 28.3 Å². The van der Waals surface area contributed by atoms with Gasteiger partial charge in [-0.3, -0.25) is 4.79 Å². The molecule has 1 aliphatic rings. The molecule has 3 rings (SSSR count). The van der Waals surface area contributed by atoms with E-state index in [2.05, 4.69) is 12.1 Å². The molecule has 0 bridgehead atoms. The number of nitrogens with one attached hydrogen (secondary N) is 1. The minimum absolute atomic E-state index is 0.258. The normalized spacial score (nSPS) is 19.5. The van der Waals surface area contributed by atoms with Crippen LogP contribution in [0.15, 0.2) is 54.6 Å². The maximum atomic E-state index is 11.9. The van der Waals surface area contributed by atoms with Crippen molar-refractivity contribution < 1.29 is 17.9 Å². The van der Waals surface area contributed by atoms with E-state index in [4.69, 9.17) is 4.74 Å². The molecule has 2 atom stereocenters. The zero-order valence-electron chi connectivity index (χ0n) is 13.3. The van der Waals surface area contributed by atoms with Crippen molar-refractivity contribution in [3.63, 3.8) is 0 Å². The van der Waals surface area contributed by atoms with Crippen LogP contribution in [0.4, 0.5) is 0 Å². The predicted molar refractivity (Wildman–Crippen MR) is 91.5 cm³/mol. The summed E-state index contributed by atoms with van der Waals surface area (Å²) in [5.41, 5.74) is 1.58. The number of rotatable bonds is 6. The van der Waals surface area contributed by atoms with Gasteiger partial charge in [-0.15, -0.1) is 0 Å². The highest BCUT2D eigenvalue weighted by molar-refractivity contribution is 7.89. The predicted octanol–water partition coefficient (Wildman–Crippen LogP) is 2.56. The second-order valence-corrected chi connectivity index (χ2v) is 7.80. The monoisotopic (exact) mass is 345 g/mol. The molecule has 2 aromatic carbocycles. The van der Waals surface area contributed by atoms with Gasteiger partial charge in [0, 0.05) is 11.5 Å². The van der Waals surface area contributed by atoms with Crippen LogP contribution in [0.3, 0.4) is 0 Å². The van der Waals surface area contributed by atoms with Crippen LogP contribution >= 0.6 is 0 Å². The van der Waals surface area contributed by atoms with Crippen molar-refractivity contribution in [3.8, 4) is 5.75 Å². The van der Waals surface area contributed by atoms with Crippen molar-refractivity contribution in [2.75, 3.05) is 12.9 Å². The number of carbonyl (C=O) groups excluding carboxylic acids is 1. The fourth-order valence-electron chi connectivity index (χ4n) is 2.70. The zero-order chi connectivity index (χ0) is 17.2. The van der Waals surface area contributed by atoms with Gasteiger partial charge in [0.05, 0.1) is 12.9 Å². The molecule has 1 N–H and O–H groups in total. The number of ether oxygens (including phenoxy) is 1. The SMILES string of the molecule is CS(=O)(=O)NC(=O)c1cccc(OC[C@@H]2C[C@H]2c2ccccc2)c1. The fourth-order valence-corrected chi connectivity index (χ4v) is 3.15. The van der Waals surface area contributed by atoms with Crippen molar-refractivity contribution in [1.29, 1.82) is 0 Å². The van der Waals surface area contributed by atoms with Gasteiger partial charge in [0.2, 0.25) is 10.0 Å². The highest BCUT2D eigenvalue weighted by Crippen LogP contribution is 2.47. The molecule has 0 unspecified atom stereocenters. The molecule has 126 valence electrons. The Balaban J connectivity index is 1.57. The van der Waals surface area contributed by atoms with Crippen LogP contribution in [-0.4, -0.2) is 27.2 Å². The molecule has 5 nitrogen and oxygen atoms in total. The summed E-state index contributed by atoms with van der Waals surface area (Å²) in [6.07, 6.45) is 2.04. The van der Waals surface area contributed by atoms with Gasteiger partial charge in [-0.2, -0.15) is 0 Å². The molecule has 0 spiro atoms. The molecule has 0 radical (unpaired) electrons. The number of carbonyl (C=O) groups is 1. The molecule has 0 heterocycles. The molecule has 6 heteroatoms. The van der Waals surface area contributed by atoms with Gasteiger partial charge in [0.15, 0.2) is 0 Å². The summed E-state index contributed by atoms with van der Waals surface area (Å²) in [6.45, 7) is 0.580. The summed E-state index contributed by atoms with van der Waals surface area (Å²) >= 11 is 0. The smallest absolute Gasteiger partial charge is 0.264 e. The van der Waals surface area contributed by atoms with Gasteiger partial charge in [-0.05, 0) is 36.1 Å². The molecule has 1 amide bonds. The summed E-state index contributed by atoms with van der Waals surface area (Å²) in [5, 5.41) is 0. The minimum Gasteiger partial charge on any atom is -0.493 e. The van der Waals surface area contributed by atoms with E-state index in [1.807, 2.05) is 22.9 Å². The first-order valence-electron chi connectivity index (χ1n) is 7.72. The van der Waals surface area contributed by atoms with E-state index in [0.717, 1.165) is 12.7 Å². The van der Waals surface area contributed by atoms with E-state index in [-0.39, 0.29) is 5.56 Å². The molecule has 0 aromatic heterocycles. The van der Waals surface area contributed by atoms with Crippen LogP contribution in [0.5, 0.6) is 5.75 Å². The molecule has 24 heavy (non-hydrogen) atoms. The average Bonchev–Trinajstić information content (AvgIpc) is 3.32. The first kappa shape index (κ1) is 16.5. The standard InChI is InChI=1S/C18H19NO4S/c1-24(21,22)19-18(20)14-8-5-9-16(10-14)23-12-15-11-17(15)13-6-3-2-4-7-13/h2-10,15,17H,11-12H2,1H3,(H,19,20)/t15-,17-/m0/s1. The molecule has 1 saturated carbocycles. The van der Waals surface area contributed by atoms with Crippen molar-refractivity contribution in [1.82, 2.24) is 4.72 Å². The molecule has 1 aliphatic carbocycles. The Morgan fingerprint density at radius 2 is 1.92 bits per heavy atom. The summed E-state index contributed by atoms with van der Waals surface area (Å²) in [5.74, 6) is 0.912. The number of amides is 1. The first-order chi connectivity index (χ1) is 11.4. The number of hydrogen-bond donors (Lipinski definition) is 1. The number of hydrogen-bond acceptors (Lipinski definition) is 4. The Morgan fingerprint density at radius 1 is 1.17 bits per heavy atom. The van der Waals surface area contributed by atoms with Crippen molar-refractivity contribution >= 4 is 15.9 Å². The lowest BCUT2D eigenvalue weighted by Gasteiger charge is -2.08. The van der Waals surface area contributed by atoms with Gasteiger partial charge in [0.1, 0.15) is 5.75 Å². The number of sulfonamides is 1. The van der Waals surface area contributed by atoms with E-state index in [9.17, 15) is 13.2 Å². The van der Waals surface area contributed by atoms with E-state index in [1.54, 1.807) is 24.3 Å². The molecule has 2 aromatic rings. The summed E-state index contributed by atoms with van der Waals surface area (Å²) in [4.78, 5) is 11.9. The van der Waals surface area contributed by atoms with Crippen molar-refractivity contribution in [3.05, 3.63) is 65.7 Å². The highest BCUT2D eigenvalue weighted by atomic mass is 32.2. The Hall–Kier alpha value is -2.34. The van der Waals surface area contributed by atoms with Crippen LogP contribution in [0.2, 0.25) is 0 Å². The van der Waals surface area contributed by atoms with Gasteiger partial charge in [-0.25, -0.2) is 13.1 Å². The van der Waals surface area contributed by atoms with Crippen LogP contribution in [-0.2, 0) is 10.0 Å². The molecular formula is C18H19NO4S. The van der Waals surface area contributed by atoms with Crippen LogP contribution < -0.4 is 9.46 Å². The maximum Gasteiger partial charge on any atom is 0.264 e. The lowest BCUT2D eigenvalue weighted by molar-refractivity contribution is 0.0981. The fraction of sp³-hybridized carbons (Fsp3) is 0.278. The minimum atomic E-state index is -3.58. The summed E-state index contributed by atoms with van der Waals surface area (Å²) in [6, 6.07) is 16.9. The Morgan fingerprint density at radius 3 is 2.62 bits per heavy atom. The molecule has 0 aliphatic heterocycles. The Labute approximate surface area is 141 Å². The second kappa shape index (κ2) is 6.65. The van der Waals surface area contributed by atoms with E-state index in [0.29, 0.717) is 24.2 Å². The topological polar surface area (TPSA) is 72.5 Å². The summed E-state index contributed by atoms with van der Waals surface area (Å²) < 4.78 is 30.0. The summed E-state index contributed by atoms with van der Waals surface area (Å²) in [7, 11) is -3.58. The Bertz CT molecular complexity index is 833. The van der Waals surface area contributed by atoms with E-state index >= 15 is 0 Å². The lowest BCUT2D eigenvalue weighted by Crippen LogP contribution is -2.29. The number of benzene rings is 2.